The number of hydrogen-bond acceptors (Lipinski definition) is 3. The quantitative estimate of drug-likeness (QED) is 0.480. The third-order valence-electron chi connectivity index (χ3n) is 2.24. The number of imidazole rings is 1. The molecule has 4 nitrogen and oxygen atoms in total. The number of hydrogen-bond donors (Lipinski definition) is 0. The summed E-state index contributed by atoms with van der Waals surface area (Å²) in [5.41, 5.74) is 0. The van der Waals surface area contributed by atoms with Crippen molar-refractivity contribution in [2.24, 2.45) is 0 Å². The van der Waals surface area contributed by atoms with Gasteiger partial charge in [0, 0.05) is 13.0 Å². The first kappa shape index (κ1) is 9.92. The van der Waals surface area contributed by atoms with Crippen LogP contribution in [0.15, 0.2) is 19.0 Å². The van der Waals surface area contributed by atoms with E-state index >= 15 is 0 Å². The smallest absolute Gasteiger partial charge is 0.217 e. The minimum absolute atomic E-state index is 0.381. The van der Waals surface area contributed by atoms with E-state index in [4.69, 9.17) is 0 Å². The van der Waals surface area contributed by atoms with E-state index in [2.05, 4.69) is 11.6 Å². The Hall–Kier alpha value is -1.62. The minimum Gasteiger partial charge on any atom is -0.327 e. The molecule has 1 aliphatic rings. The van der Waals surface area contributed by atoms with Gasteiger partial charge in [-0.1, -0.05) is 12.2 Å². The summed E-state index contributed by atoms with van der Waals surface area (Å²) < 4.78 is 23.4. The van der Waals surface area contributed by atoms with Gasteiger partial charge in [0.2, 0.25) is 10.3 Å². The molecule has 0 radical (unpaired) electrons. The highest BCUT2D eigenvalue weighted by Crippen LogP contribution is 1.92. The number of fused-ring (bicyclic) bond motifs is 1. The topological polar surface area (TPSA) is 52.0 Å². The van der Waals surface area contributed by atoms with Crippen LogP contribution in [0.5, 0.6) is 0 Å². The molecule has 15 heavy (non-hydrogen) atoms. The Bertz CT molecular complexity index is 642. The highest BCUT2D eigenvalue weighted by molar-refractivity contribution is 7.73. The molecule has 0 saturated heterocycles. The van der Waals surface area contributed by atoms with Gasteiger partial charge in [0.25, 0.3) is 0 Å². The molecule has 0 amide bonds. The number of rotatable bonds is 2. The van der Waals surface area contributed by atoms with E-state index in [0.717, 1.165) is 5.35 Å². The van der Waals surface area contributed by atoms with Gasteiger partial charge in [-0.05, 0) is 6.08 Å². The number of nitrogens with zero attached hydrogens (tertiary/aromatic N) is 2. The average Bonchev–Trinajstić information content (AvgIpc) is 2.61. The Labute approximate surface area is 88.4 Å². The summed E-state index contributed by atoms with van der Waals surface area (Å²) >= 11 is 0. The van der Waals surface area contributed by atoms with Crippen LogP contribution in [0.4, 0.5) is 0 Å². The van der Waals surface area contributed by atoms with Gasteiger partial charge >= 0.3 is 0 Å². The van der Waals surface area contributed by atoms with E-state index in [1.54, 1.807) is 18.5 Å². The molecule has 78 valence electrons. The molecule has 0 atom stereocenters. The monoisotopic (exact) mass is 222 g/mol. The maximum atomic E-state index is 10.8. The van der Waals surface area contributed by atoms with E-state index in [9.17, 15) is 8.42 Å². The fourth-order valence-electron chi connectivity index (χ4n) is 1.55. The van der Waals surface area contributed by atoms with E-state index in [1.807, 2.05) is 10.6 Å². The molecule has 1 aliphatic carbocycles. The summed E-state index contributed by atoms with van der Waals surface area (Å²) in [6, 6.07) is 0. The first-order valence-electron chi connectivity index (χ1n) is 4.51. The summed E-state index contributed by atoms with van der Waals surface area (Å²) in [7, 11) is -2.14. The Morgan fingerprint density at radius 2 is 2.40 bits per heavy atom. The zero-order valence-corrected chi connectivity index (χ0v) is 8.87. The Morgan fingerprint density at radius 1 is 1.60 bits per heavy atom. The van der Waals surface area contributed by atoms with Crippen molar-refractivity contribution in [3.63, 3.8) is 0 Å². The van der Waals surface area contributed by atoms with Gasteiger partial charge in [-0.25, -0.2) is 4.98 Å². The molecule has 0 aliphatic heterocycles. The van der Waals surface area contributed by atoms with Crippen LogP contribution >= 0.6 is 0 Å². The van der Waals surface area contributed by atoms with Crippen molar-refractivity contribution in [3.05, 3.63) is 29.7 Å². The van der Waals surface area contributed by atoms with Gasteiger partial charge in [0.1, 0.15) is 0 Å². The predicted octanol–water partition coefficient (Wildman–Crippen LogP) is -0.915. The fraction of sp³-hybridized carbons (Fsp3) is 0.200. The summed E-state index contributed by atoms with van der Waals surface area (Å²) in [6.45, 7) is 4.33. The van der Waals surface area contributed by atoms with Gasteiger partial charge in [-0.3, -0.25) is 0 Å². The molecule has 5 heteroatoms. The second kappa shape index (κ2) is 3.86. The van der Waals surface area contributed by atoms with Crippen LogP contribution in [0.3, 0.4) is 0 Å². The summed E-state index contributed by atoms with van der Waals surface area (Å²) in [5.74, 6) is 0. The highest BCUT2D eigenvalue weighted by atomic mass is 32.2. The Morgan fingerprint density at radius 3 is 3.07 bits per heavy atom. The minimum atomic E-state index is -2.14. The van der Waals surface area contributed by atoms with Crippen molar-refractivity contribution in [3.8, 4) is 0 Å². The highest BCUT2D eigenvalue weighted by Gasteiger charge is 2.05. The lowest BCUT2D eigenvalue weighted by molar-refractivity contribution is 0.627. The van der Waals surface area contributed by atoms with Crippen LogP contribution in [0, 0.1) is 0 Å². The maximum Gasteiger partial charge on any atom is 0.217 e. The molecular weight excluding hydrogens is 212 g/mol. The average molecular weight is 222 g/mol. The van der Waals surface area contributed by atoms with Gasteiger partial charge in [0.15, 0.2) is 0 Å². The number of aromatic nitrogens is 2. The van der Waals surface area contributed by atoms with Crippen molar-refractivity contribution in [1.29, 1.82) is 0 Å². The lowest BCUT2D eigenvalue weighted by Gasteiger charge is -1.99. The van der Waals surface area contributed by atoms with E-state index in [1.165, 1.54) is 0 Å². The SMILES string of the molecule is C=CCn1cnc2c1=CCC(=S(=O)=O)C=2. The van der Waals surface area contributed by atoms with Crippen molar-refractivity contribution in [2.75, 3.05) is 0 Å². The first-order chi connectivity index (χ1) is 7.22. The molecule has 1 heterocycles. The predicted molar refractivity (Wildman–Crippen MR) is 59.1 cm³/mol. The maximum absolute atomic E-state index is 10.8. The standard InChI is InChI=1S/C10H10N2O2S/c1-2-5-12-7-11-9-6-8(15(13)14)3-4-10(9)12/h2,4,6-7H,1,3,5H2. The fourth-order valence-corrected chi connectivity index (χ4v) is 1.98. The Kier molecular flexibility index (Phi) is 2.55. The molecule has 2 rings (SSSR count). The van der Waals surface area contributed by atoms with E-state index in [-0.39, 0.29) is 0 Å². The molecule has 0 bridgehead atoms. The second-order valence-electron chi connectivity index (χ2n) is 3.21. The van der Waals surface area contributed by atoms with Crippen molar-refractivity contribution >= 4 is 27.3 Å². The normalized spacial score (nSPS) is 13.7. The largest absolute Gasteiger partial charge is 0.327 e. The van der Waals surface area contributed by atoms with Gasteiger partial charge in [-0.15, -0.1) is 6.58 Å². The second-order valence-corrected chi connectivity index (χ2v) is 4.20. The molecule has 0 saturated carbocycles. The van der Waals surface area contributed by atoms with Crippen LogP contribution < -0.4 is 10.7 Å². The zero-order chi connectivity index (χ0) is 10.8. The summed E-state index contributed by atoms with van der Waals surface area (Å²) in [6.07, 6.45) is 7.39. The molecular formula is C10H10N2O2S. The van der Waals surface area contributed by atoms with Crippen LogP contribution in [-0.2, 0) is 16.8 Å². The van der Waals surface area contributed by atoms with Crippen molar-refractivity contribution < 1.29 is 8.42 Å². The molecule has 0 fully saturated rings. The molecule has 1 aromatic rings. The van der Waals surface area contributed by atoms with Crippen molar-refractivity contribution in [2.45, 2.75) is 13.0 Å². The third kappa shape index (κ3) is 1.78. The van der Waals surface area contributed by atoms with Gasteiger partial charge in [-0.2, -0.15) is 8.42 Å². The summed E-state index contributed by atoms with van der Waals surface area (Å²) in [5, 5.41) is 1.67. The first-order valence-corrected chi connectivity index (χ1v) is 5.59. The van der Waals surface area contributed by atoms with Crippen LogP contribution in [0.25, 0.3) is 12.2 Å². The zero-order valence-electron chi connectivity index (χ0n) is 8.05. The molecule has 1 aromatic heterocycles. The van der Waals surface area contributed by atoms with Gasteiger partial charge < -0.3 is 4.57 Å². The molecule has 0 unspecified atom stereocenters. The third-order valence-corrected chi connectivity index (χ3v) is 2.95. The van der Waals surface area contributed by atoms with Crippen LogP contribution in [-0.4, -0.2) is 22.8 Å². The Balaban J connectivity index is 2.67. The summed E-state index contributed by atoms with van der Waals surface area (Å²) in [4.78, 5) is 4.52. The van der Waals surface area contributed by atoms with E-state index in [0.29, 0.717) is 23.2 Å². The van der Waals surface area contributed by atoms with Crippen molar-refractivity contribution in [1.82, 2.24) is 9.55 Å². The number of allylic oxidation sites excluding steroid dienone is 1. The van der Waals surface area contributed by atoms with Gasteiger partial charge in [0.05, 0.1) is 21.9 Å². The molecule has 0 N–H and O–H groups in total. The van der Waals surface area contributed by atoms with Crippen LogP contribution in [0.1, 0.15) is 6.42 Å². The lowest BCUT2D eigenvalue weighted by atomic mass is 10.2. The lowest BCUT2D eigenvalue weighted by Crippen LogP contribution is -2.33. The molecule has 0 spiro atoms. The molecule has 0 aromatic carbocycles. The van der Waals surface area contributed by atoms with E-state index < -0.39 is 10.3 Å². The van der Waals surface area contributed by atoms with Crippen LogP contribution in [0.2, 0.25) is 0 Å².